The molecule has 21 heavy (non-hydrogen) atoms. The first-order valence-corrected chi connectivity index (χ1v) is 6.69. The summed E-state index contributed by atoms with van der Waals surface area (Å²) < 4.78 is 18.9. The molecule has 2 heterocycles. The Morgan fingerprint density at radius 2 is 2.05 bits per heavy atom. The van der Waals surface area contributed by atoms with E-state index >= 15 is 0 Å². The van der Waals surface area contributed by atoms with E-state index in [0.717, 1.165) is 6.07 Å². The highest BCUT2D eigenvalue weighted by molar-refractivity contribution is 9.10. The summed E-state index contributed by atoms with van der Waals surface area (Å²) in [4.78, 5) is 35.7. The average molecular weight is 352 g/mol. The predicted octanol–water partition coefficient (Wildman–Crippen LogP) is 2.72. The molecule has 1 aliphatic rings. The molecule has 0 unspecified atom stereocenters. The van der Waals surface area contributed by atoms with Crippen LogP contribution in [0.25, 0.3) is 0 Å². The number of benzene rings is 1. The van der Waals surface area contributed by atoms with Crippen molar-refractivity contribution in [3.05, 3.63) is 51.6 Å². The van der Waals surface area contributed by atoms with Crippen LogP contribution in [0.3, 0.4) is 0 Å². The Morgan fingerprint density at radius 3 is 2.71 bits per heavy atom. The molecule has 7 heteroatoms. The molecule has 5 nitrogen and oxygen atoms in total. The van der Waals surface area contributed by atoms with Gasteiger partial charge >= 0.3 is 0 Å². The number of anilines is 1. The van der Waals surface area contributed by atoms with Crippen LogP contribution >= 0.6 is 15.9 Å². The highest BCUT2D eigenvalue weighted by Gasteiger charge is 2.38. The van der Waals surface area contributed by atoms with Gasteiger partial charge in [-0.05, 0) is 40.2 Å². The van der Waals surface area contributed by atoms with Gasteiger partial charge in [0.25, 0.3) is 11.7 Å². The van der Waals surface area contributed by atoms with E-state index in [2.05, 4.69) is 15.9 Å². The fraction of sp³-hybridized carbons (Fsp3) is 0.0714. The summed E-state index contributed by atoms with van der Waals surface area (Å²) in [6.45, 7) is -0.0182. The number of rotatable bonds is 3. The topological polar surface area (TPSA) is 67.6 Å². The molecule has 0 bridgehead atoms. The maximum absolute atomic E-state index is 13.4. The molecular weight excluding hydrogens is 345 g/mol. The molecule has 0 aliphatic carbocycles. The van der Waals surface area contributed by atoms with E-state index in [1.165, 1.54) is 23.1 Å². The minimum absolute atomic E-state index is 0.00837. The second kappa shape index (κ2) is 4.92. The van der Waals surface area contributed by atoms with Crippen LogP contribution in [0.1, 0.15) is 26.7 Å². The second-order valence-corrected chi connectivity index (χ2v) is 5.28. The van der Waals surface area contributed by atoms with Crippen molar-refractivity contribution < 1.29 is 23.2 Å². The number of aldehydes is 1. The maximum Gasteiger partial charge on any atom is 0.299 e. The van der Waals surface area contributed by atoms with Crippen LogP contribution in [0.2, 0.25) is 0 Å². The zero-order chi connectivity index (χ0) is 15.1. The predicted molar refractivity (Wildman–Crippen MR) is 73.7 cm³/mol. The van der Waals surface area contributed by atoms with Gasteiger partial charge in [0.1, 0.15) is 11.6 Å². The van der Waals surface area contributed by atoms with Crippen molar-refractivity contribution in [2.24, 2.45) is 0 Å². The number of carbonyl (C=O) groups is 3. The third kappa shape index (κ3) is 2.19. The van der Waals surface area contributed by atoms with Crippen molar-refractivity contribution in [3.8, 4) is 0 Å². The summed E-state index contributed by atoms with van der Waals surface area (Å²) in [6, 6.07) is 5.21. The van der Waals surface area contributed by atoms with Gasteiger partial charge in [-0.2, -0.15) is 0 Å². The number of Topliss-reactive ketones (excluding diaryl/α,β-unsaturated/α-hetero) is 1. The zero-order valence-corrected chi connectivity index (χ0v) is 12.0. The SMILES string of the molecule is O=Cc1ccc(CN2C(=O)C(=O)c3cc(F)cc(Br)c32)o1. The average Bonchev–Trinajstić information content (AvgIpc) is 2.98. The Labute approximate surface area is 126 Å². The first kappa shape index (κ1) is 13.7. The van der Waals surface area contributed by atoms with Crippen LogP contribution in [0.15, 0.2) is 33.2 Å². The van der Waals surface area contributed by atoms with Gasteiger partial charge in [-0.15, -0.1) is 0 Å². The molecule has 106 valence electrons. The smallest absolute Gasteiger partial charge is 0.299 e. The molecular formula is C14H7BrFNO4. The van der Waals surface area contributed by atoms with Gasteiger partial charge in [0, 0.05) is 4.47 Å². The minimum Gasteiger partial charge on any atom is -0.456 e. The number of carbonyl (C=O) groups excluding carboxylic acids is 3. The molecule has 1 aromatic carbocycles. The highest BCUT2D eigenvalue weighted by atomic mass is 79.9. The molecule has 1 aliphatic heterocycles. The Balaban J connectivity index is 2.03. The number of amides is 1. The van der Waals surface area contributed by atoms with E-state index in [4.69, 9.17) is 4.42 Å². The van der Waals surface area contributed by atoms with Crippen LogP contribution in [0, 0.1) is 5.82 Å². The number of ketones is 1. The third-order valence-electron chi connectivity index (χ3n) is 3.09. The van der Waals surface area contributed by atoms with Crippen LogP contribution in [-0.2, 0) is 11.3 Å². The van der Waals surface area contributed by atoms with Gasteiger partial charge in [-0.25, -0.2) is 4.39 Å². The maximum atomic E-state index is 13.4. The van der Waals surface area contributed by atoms with Crippen molar-refractivity contribution in [1.29, 1.82) is 0 Å². The fourth-order valence-electron chi connectivity index (χ4n) is 2.20. The summed E-state index contributed by atoms with van der Waals surface area (Å²) in [6.07, 6.45) is 0.541. The number of nitrogens with zero attached hydrogens (tertiary/aromatic N) is 1. The quantitative estimate of drug-likeness (QED) is 0.629. The fourth-order valence-corrected chi connectivity index (χ4v) is 2.85. The van der Waals surface area contributed by atoms with Crippen molar-refractivity contribution in [3.63, 3.8) is 0 Å². The number of hydrogen-bond donors (Lipinski definition) is 0. The largest absolute Gasteiger partial charge is 0.456 e. The van der Waals surface area contributed by atoms with E-state index in [1.54, 1.807) is 0 Å². The van der Waals surface area contributed by atoms with E-state index in [0.29, 0.717) is 22.2 Å². The molecule has 0 N–H and O–H groups in total. The Bertz CT molecular complexity index is 783. The molecule has 3 rings (SSSR count). The van der Waals surface area contributed by atoms with Crippen molar-refractivity contribution in [2.75, 3.05) is 4.90 Å². The molecule has 0 spiro atoms. The van der Waals surface area contributed by atoms with Gasteiger partial charge in [0.2, 0.25) is 0 Å². The molecule has 0 atom stereocenters. The molecule has 1 amide bonds. The molecule has 0 saturated heterocycles. The summed E-state index contributed by atoms with van der Waals surface area (Å²) in [7, 11) is 0. The second-order valence-electron chi connectivity index (χ2n) is 4.43. The Hall–Kier alpha value is -2.28. The van der Waals surface area contributed by atoms with E-state index in [-0.39, 0.29) is 17.9 Å². The lowest BCUT2D eigenvalue weighted by molar-refractivity contribution is -0.114. The van der Waals surface area contributed by atoms with E-state index in [9.17, 15) is 18.8 Å². The summed E-state index contributed by atoms with van der Waals surface area (Å²) in [5.41, 5.74) is 0.310. The van der Waals surface area contributed by atoms with Gasteiger partial charge in [0.15, 0.2) is 12.0 Å². The first-order valence-electron chi connectivity index (χ1n) is 5.90. The van der Waals surface area contributed by atoms with Crippen LogP contribution < -0.4 is 4.90 Å². The van der Waals surface area contributed by atoms with Gasteiger partial charge < -0.3 is 4.42 Å². The van der Waals surface area contributed by atoms with Gasteiger partial charge in [0.05, 0.1) is 17.8 Å². The molecule has 0 radical (unpaired) electrons. The molecule has 0 saturated carbocycles. The molecule has 1 aromatic heterocycles. The number of halogens is 2. The normalized spacial score (nSPS) is 13.7. The van der Waals surface area contributed by atoms with Gasteiger partial charge in [-0.1, -0.05) is 0 Å². The van der Waals surface area contributed by atoms with E-state index < -0.39 is 17.5 Å². The lowest BCUT2D eigenvalue weighted by atomic mass is 10.1. The van der Waals surface area contributed by atoms with Gasteiger partial charge in [-0.3, -0.25) is 19.3 Å². The number of furan rings is 1. The molecule has 0 fully saturated rings. The van der Waals surface area contributed by atoms with Crippen LogP contribution in [0.4, 0.5) is 10.1 Å². The van der Waals surface area contributed by atoms with Crippen molar-refractivity contribution in [2.45, 2.75) is 6.54 Å². The standard InChI is InChI=1S/C14H7BrFNO4/c15-11-4-7(16)3-10-12(11)17(14(20)13(10)19)5-8-1-2-9(6-18)21-8/h1-4,6H,5H2. The summed E-state index contributed by atoms with van der Waals surface area (Å²) >= 11 is 3.15. The number of hydrogen-bond acceptors (Lipinski definition) is 4. The number of fused-ring (bicyclic) bond motifs is 1. The van der Waals surface area contributed by atoms with E-state index in [1.807, 2.05) is 0 Å². The summed E-state index contributed by atoms with van der Waals surface area (Å²) in [5.74, 6) is -1.67. The Morgan fingerprint density at radius 1 is 1.29 bits per heavy atom. The lowest BCUT2D eigenvalue weighted by Gasteiger charge is -2.16. The highest BCUT2D eigenvalue weighted by Crippen LogP contribution is 2.37. The molecule has 2 aromatic rings. The first-order chi connectivity index (χ1) is 10.0. The van der Waals surface area contributed by atoms with Crippen molar-refractivity contribution in [1.82, 2.24) is 0 Å². The minimum atomic E-state index is -0.771. The third-order valence-corrected chi connectivity index (χ3v) is 3.70. The Kier molecular flexibility index (Phi) is 3.21. The van der Waals surface area contributed by atoms with Crippen molar-refractivity contribution >= 4 is 39.6 Å². The zero-order valence-electron chi connectivity index (χ0n) is 10.4. The lowest BCUT2D eigenvalue weighted by Crippen LogP contribution is -2.29. The van der Waals surface area contributed by atoms with Crippen LogP contribution in [-0.4, -0.2) is 18.0 Å². The van der Waals surface area contributed by atoms with Crippen LogP contribution in [0.5, 0.6) is 0 Å². The summed E-state index contributed by atoms with van der Waals surface area (Å²) in [5, 5.41) is 0. The monoisotopic (exact) mass is 351 g/mol.